The molecule has 1 aromatic heterocycles. The van der Waals surface area contributed by atoms with Gasteiger partial charge in [-0.05, 0) is 24.6 Å². The number of hydrogen-bond donors (Lipinski definition) is 1. The van der Waals surface area contributed by atoms with Crippen LogP contribution in [-0.4, -0.2) is 37.5 Å². The zero-order valence-electron chi connectivity index (χ0n) is 13.4. The van der Waals surface area contributed by atoms with Crippen LogP contribution >= 0.6 is 0 Å². The van der Waals surface area contributed by atoms with Gasteiger partial charge in [-0.3, -0.25) is 9.89 Å². The van der Waals surface area contributed by atoms with Crippen molar-refractivity contribution in [1.29, 1.82) is 0 Å². The molecule has 1 aliphatic rings. The standard InChI is InChI=1S/C16H18N2O5/c1-8-14-10(7-13(19)23-16(14)18-17-8)9-5-11(20-2)15(22-4)12(6-9)21-3/h5-6,10H,7H2,1-4H3,(H,17,18). The fraction of sp³-hybridized carbons (Fsp3) is 0.375. The molecule has 0 saturated heterocycles. The summed E-state index contributed by atoms with van der Waals surface area (Å²) in [6.07, 6.45) is 0.228. The Morgan fingerprint density at radius 2 is 1.83 bits per heavy atom. The van der Waals surface area contributed by atoms with Crippen LogP contribution in [0.3, 0.4) is 0 Å². The average molecular weight is 318 g/mol. The second kappa shape index (κ2) is 5.83. The molecule has 2 aromatic rings. The summed E-state index contributed by atoms with van der Waals surface area (Å²) in [4.78, 5) is 11.9. The minimum absolute atomic E-state index is 0.182. The number of carbonyl (C=O) groups is 1. The Kier molecular flexibility index (Phi) is 3.85. The van der Waals surface area contributed by atoms with Crippen molar-refractivity contribution in [1.82, 2.24) is 10.2 Å². The van der Waals surface area contributed by atoms with E-state index in [9.17, 15) is 4.79 Å². The van der Waals surface area contributed by atoms with E-state index in [0.717, 1.165) is 16.8 Å². The lowest BCUT2D eigenvalue weighted by atomic mass is 9.87. The lowest BCUT2D eigenvalue weighted by Crippen LogP contribution is -2.21. The number of aryl methyl sites for hydroxylation is 1. The molecular weight excluding hydrogens is 300 g/mol. The molecule has 0 amide bonds. The number of fused-ring (bicyclic) bond motifs is 1. The number of aromatic amines is 1. The molecule has 0 spiro atoms. The predicted octanol–water partition coefficient (Wildman–Crippen LogP) is 2.18. The van der Waals surface area contributed by atoms with Crippen LogP contribution in [0.5, 0.6) is 23.1 Å². The third kappa shape index (κ3) is 2.48. The van der Waals surface area contributed by atoms with Gasteiger partial charge in [0.25, 0.3) is 0 Å². The summed E-state index contributed by atoms with van der Waals surface area (Å²) in [7, 11) is 4.67. The van der Waals surface area contributed by atoms with Gasteiger partial charge in [-0.15, -0.1) is 5.10 Å². The summed E-state index contributed by atoms with van der Waals surface area (Å²) in [5.41, 5.74) is 2.62. The lowest BCUT2D eigenvalue weighted by molar-refractivity contribution is -0.135. The van der Waals surface area contributed by atoms with Crippen LogP contribution in [0.1, 0.15) is 29.2 Å². The van der Waals surface area contributed by atoms with E-state index in [-0.39, 0.29) is 18.3 Å². The van der Waals surface area contributed by atoms with Crippen molar-refractivity contribution in [2.24, 2.45) is 0 Å². The number of H-pyrrole nitrogens is 1. The van der Waals surface area contributed by atoms with Crippen molar-refractivity contribution in [3.8, 4) is 23.1 Å². The molecule has 122 valence electrons. The molecular formula is C16H18N2O5. The molecule has 1 aliphatic heterocycles. The van der Waals surface area contributed by atoms with Gasteiger partial charge in [0.15, 0.2) is 11.5 Å². The van der Waals surface area contributed by atoms with E-state index in [1.165, 1.54) is 0 Å². The van der Waals surface area contributed by atoms with Gasteiger partial charge in [0, 0.05) is 17.2 Å². The Labute approximate surface area is 133 Å². The van der Waals surface area contributed by atoms with Gasteiger partial charge in [-0.1, -0.05) is 0 Å². The van der Waals surface area contributed by atoms with E-state index in [0.29, 0.717) is 23.1 Å². The van der Waals surface area contributed by atoms with Crippen molar-refractivity contribution >= 4 is 5.97 Å². The zero-order chi connectivity index (χ0) is 16.6. The molecule has 7 nitrogen and oxygen atoms in total. The number of ether oxygens (including phenoxy) is 4. The highest BCUT2D eigenvalue weighted by Crippen LogP contribution is 2.45. The number of nitrogens with one attached hydrogen (secondary N) is 1. The van der Waals surface area contributed by atoms with Crippen LogP contribution in [0.2, 0.25) is 0 Å². The van der Waals surface area contributed by atoms with Gasteiger partial charge >= 0.3 is 5.97 Å². The highest BCUT2D eigenvalue weighted by molar-refractivity contribution is 5.77. The molecule has 0 fully saturated rings. The molecule has 3 rings (SSSR count). The van der Waals surface area contributed by atoms with E-state index in [2.05, 4.69) is 10.2 Å². The van der Waals surface area contributed by atoms with E-state index in [4.69, 9.17) is 18.9 Å². The van der Waals surface area contributed by atoms with Crippen LogP contribution in [0.4, 0.5) is 0 Å². The maximum atomic E-state index is 11.9. The third-order valence-electron chi connectivity index (χ3n) is 3.98. The number of methoxy groups -OCH3 is 3. The SMILES string of the molecule is COc1cc(C2CC(=O)Oc3n[nH]c(C)c32)cc(OC)c1OC. The lowest BCUT2D eigenvalue weighted by Gasteiger charge is -2.23. The van der Waals surface area contributed by atoms with Gasteiger partial charge in [-0.2, -0.15) is 0 Å². The van der Waals surface area contributed by atoms with Crippen molar-refractivity contribution in [2.45, 2.75) is 19.3 Å². The van der Waals surface area contributed by atoms with Gasteiger partial charge in [-0.25, -0.2) is 0 Å². The van der Waals surface area contributed by atoms with Crippen molar-refractivity contribution in [3.05, 3.63) is 29.0 Å². The maximum Gasteiger partial charge on any atom is 0.313 e. The highest BCUT2D eigenvalue weighted by atomic mass is 16.5. The summed E-state index contributed by atoms with van der Waals surface area (Å²) >= 11 is 0. The Bertz CT molecular complexity index is 728. The summed E-state index contributed by atoms with van der Waals surface area (Å²) in [5, 5.41) is 6.91. The molecule has 23 heavy (non-hydrogen) atoms. The first-order valence-corrected chi connectivity index (χ1v) is 7.14. The second-order valence-electron chi connectivity index (χ2n) is 5.26. The Balaban J connectivity index is 2.15. The van der Waals surface area contributed by atoms with E-state index in [1.807, 2.05) is 19.1 Å². The Hall–Kier alpha value is -2.70. The van der Waals surface area contributed by atoms with Crippen LogP contribution in [0.25, 0.3) is 0 Å². The fourth-order valence-electron chi connectivity index (χ4n) is 2.91. The largest absolute Gasteiger partial charge is 0.493 e. The maximum absolute atomic E-state index is 11.9. The van der Waals surface area contributed by atoms with Crippen LogP contribution in [0.15, 0.2) is 12.1 Å². The summed E-state index contributed by atoms with van der Waals surface area (Å²) < 4.78 is 21.3. The Morgan fingerprint density at radius 3 is 2.39 bits per heavy atom. The molecule has 0 bridgehead atoms. The van der Waals surface area contributed by atoms with Crippen molar-refractivity contribution in [2.75, 3.05) is 21.3 Å². The number of benzene rings is 1. The van der Waals surface area contributed by atoms with Crippen molar-refractivity contribution in [3.63, 3.8) is 0 Å². The molecule has 1 N–H and O–H groups in total. The number of aromatic nitrogens is 2. The molecule has 0 radical (unpaired) electrons. The zero-order valence-corrected chi connectivity index (χ0v) is 13.4. The number of carbonyl (C=O) groups excluding carboxylic acids is 1. The molecule has 1 unspecified atom stereocenters. The quantitative estimate of drug-likeness (QED) is 0.870. The molecule has 1 aromatic carbocycles. The number of nitrogens with zero attached hydrogens (tertiary/aromatic N) is 1. The molecule has 2 heterocycles. The first-order valence-electron chi connectivity index (χ1n) is 7.14. The molecule has 0 saturated carbocycles. The second-order valence-corrected chi connectivity index (χ2v) is 5.26. The van der Waals surface area contributed by atoms with Gasteiger partial charge in [0.05, 0.1) is 27.8 Å². The van der Waals surface area contributed by atoms with Gasteiger partial charge in [0.1, 0.15) is 0 Å². The van der Waals surface area contributed by atoms with Crippen LogP contribution in [0, 0.1) is 6.92 Å². The first-order chi connectivity index (χ1) is 11.1. The van der Waals surface area contributed by atoms with Crippen LogP contribution < -0.4 is 18.9 Å². The molecule has 7 heteroatoms. The third-order valence-corrected chi connectivity index (χ3v) is 3.98. The minimum atomic E-state index is -0.317. The Morgan fingerprint density at radius 1 is 1.17 bits per heavy atom. The highest BCUT2D eigenvalue weighted by Gasteiger charge is 2.33. The molecule has 1 atom stereocenters. The predicted molar refractivity (Wildman–Crippen MR) is 81.5 cm³/mol. The minimum Gasteiger partial charge on any atom is -0.493 e. The van der Waals surface area contributed by atoms with Crippen LogP contribution in [-0.2, 0) is 4.79 Å². The number of esters is 1. The van der Waals surface area contributed by atoms with Gasteiger partial charge < -0.3 is 18.9 Å². The summed E-state index contributed by atoms with van der Waals surface area (Å²) in [6.45, 7) is 1.90. The fourth-order valence-corrected chi connectivity index (χ4v) is 2.91. The van der Waals surface area contributed by atoms with E-state index < -0.39 is 0 Å². The van der Waals surface area contributed by atoms with E-state index >= 15 is 0 Å². The number of hydrogen-bond acceptors (Lipinski definition) is 6. The van der Waals surface area contributed by atoms with Gasteiger partial charge in [0.2, 0.25) is 11.6 Å². The van der Waals surface area contributed by atoms with E-state index in [1.54, 1.807) is 21.3 Å². The number of rotatable bonds is 4. The topological polar surface area (TPSA) is 82.7 Å². The van der Waals surface area contributed by atoms with Crippen molar-refractivity contribution < 1.29 is 23.7 Å². The monoisotopic (exact) mass is 318 g/mol. The summed E-state index contributed by atoms with van der Waals surface area (Å²) in [6, 6.07) is 3.70. The molecule has 0 aliphatic carbocycles. The average Bonchev–Trinajstić information content (AvgIpc) is 2.93. The normalized spacial score (nSPS) is 16.5. The smallest absolute Gasteiger partial charge is 0.313 e. The summed E-state index contributed by atoms with van der Waals surface area (Å²) in [5.74, 6) is 1.44. The first kappa shape index (κ1) is 15.2.